The van der Waals surface area contributed by atoms with E-state index in [-0.39, 0.29) is 0 Å². The standard InChI is InChI=1S/C16H26BrN3/c1-4-5-18-14(13-7-11-6-12(11)8-13)9-15-16(17)10(2)19-20(15)3/h11-14,18H,4-9H2,1-3H3. The van der Waals surface area contributed by atoms with Crippen LogP contribution in [0.1, 0.15) is 44.0 Å². The fourth-order valence-electron chi connectivity index (χ4n) is 3.94. The molecule has 3 rings (SSSR count). The molecule has 0 radical (unpaired) electrons. The van der Waals surface area contributed by atoms with Crippen molar-refractivity contribution in [3.8, 4) is 0 Å². The third-order valence-corrected chi connectivity index (χ3v) is 6.21. The molecule has 2 aliphatic rings. The molecule has 0 aliphatic heterocycles. The summed E-state index contributed by atoms with van der Waals surface area (Å²) in [5.74, 6) is 2.98. The van der Waals surface area contributed by atoms with Crippen LogP contribution in [0.4, 0.5) is 0 Å². The van der Waals surface area contributed by atoms with Crippen molar-refractivity contribution in [2.24, 2.45) is 24.8 Å². The third-order valence-electron chi connectivity index (χ3n) is 5.18. The van der Waals surface area contributed by atoms with Crippen LogP contribution in [0.25, 0.3) is 0 Å². The van der Waals surface area contributed by atoms with Crippen LogP contribution in [-0.2, 0) is 13.5 Å². The molecule has 0 saturated heterocycles. The van der Waals surface area contributed by atoms with E-state index in [1.165, 1.54) is 35.8 Å². The summed E-state index contributed by atoms with van der Waals surface area (Å²) in [5, 5.41) is 8.34. The Kier molecular flexibility index (Phi) is 4.23. The van der Waals surface area contributed by atoms with Gasteiger partial charge < -0.3 is 5.32 Å². The maximum Gasteiger partial charge on any atom is 0.0738 e. The summed E-state index contributed by atoms with van der Waals surface area (Å²) in [6.45, 7) is 5.46. The largest absolute Gasteiger partial charge is 0.313 e. The third kappa shape index (κ3) is 2.82. The molecule has 0 amide bonds. The van der Waals surface area contributed by atoms with E-state index in [9.17, 15) is 0 Å². The highest BCUT2D eigenvalue weighted by Crippen LogP contribution is 2.55. The number of hydrogen-bond acceptors (Lipinski definition) is 2. The predicted molar refractivity (Wildman–Crippen MR) is 85.8 cm³/mol. The van der Waals surface area contributed by atoms with Crippen molar-refractivity contribution in [1.82, 2.24) is 15.1 Å². The number of nitrogens with one attached hydrogen (secondary N) is 1. The van der Waals surface area contributed by atoms with Crippen LogP contribution in [0, 0.1) is 24.7 Å². The average Bonchev–Trinajstić information content (AvgIpc) is 2.96. The molecule has 4 heteroatoms. The molecule has 3 atom stereocenters. The highest BCUT2D eigenvalue weighted by Gasteiger charge is 2.47. The number of hydrogen-bond donors (Lipinski definition) is 1. The molecular weight excluding hydrogens is 314 g/mol. The summed E-state index contributed by atoms with van der Waals surface area (Å²) in [5.41, 5.74) is 2.45. The number of nitrogens with zero attached hydrogens (tertiary/aromatic N) is 2. The predicted octanol–water partition coefficient (Wildman–Crippen LogP) is 3.45. The van der Waals surface area contributed by atoms with Gasteiger partial charge in [-0.1, -0.05) is 6.92 Å². The van der Waals surface area contributed by atoms with E-state index in [1.54, 1.807) is 0 Å². The van der Waals surface area contributed by atoms with Crippen molar-refractivity contribution in [3.63, 3.8) is 0 Å². The van der Waals surface area contributed by atoms with Crippen molar-refractivity contribution in [1.29, 1.82) is 0 Å². The number of fused-ring (bicyclic) bond motifs is 1. The lowest BCUT2D eigenvalue weighted by Gasteiger charge is -2.26. The summed E-state index contributed by atoms with van der Waals surface area (Å²) in [7, 11) is 2.07. The molecular formula is C16H26BrN3. The highest BCUT2D eigenvalue weighted by atomic mass is 79.9. The summed E-state index contributed by atoms with van der Waals surface area (Å²) in [4.78, 5) is 0. The normalized spacial score (nSPS) is 29.5. The molecule has 0 bridgehead atoms. The topological polar surface area (TPSA) is 29.9 Å². The van der Waals surface area contributed by atoms with E-state index in [2.05, 4.69) is 51.9 Å². The van der Waals surface area contributed by atoms with E-state index in [0.717, 1.165) is 36.4 Å². The minimum atomic E-state index is 0.619. The SMILES string of the molecule is CCCNC(Cc1c(Br)c(C)nn1C)C1CC2CC2C1. The van der Waals surface area contributed by atoms with Crippen LogP contribution in [-0.4, -0.2) is 22.4 Å². The summed E-state index contributed by atoms with van der Waals surface area (Å²) in [6.07, 6.45) is 6.70. The van der Waals surface area contributed by atoms with Crippen molar-refractivity contribution >= 4 is 15.9 Å². The molecule has 112 valence electrons. The zero-order chi connectivity index (χ0) is 14.3. The average molecular weight is 340 g/mol. The maximum atomic E-state index is 4.54. The van der Waals surface area contributed by atoms with E-state index < -0.39 is 0 Å². The smallest absolute Gasteiger partial charge is 0.0738 e. The second-order valence-electron chi connectivity index (χ2n) is 6.72. The van der Waals surface area contributed by atoms with Gasteiger partial charge in [0, 0.05) is 19.5 Å². The second kappa shape index (κ2) is 5.80. The maximum absolute atomic E-state index is 4.54. The Morgan fingerprint density at radius 1 is 1.35 bits per heavy atom. The van der Waals surface area contributed by atoms with Crippen molar-refractivity contribution < 1.29 is 0 Å². The van der Waals surface area contributed by atoms with Crippen molar-refractivity contribution in [3.05, 3.63) is 15.9 Å². The van der Waals surface area contributed by atoms with Gasteiger partial charge in [0.15, 0.2) is 0 Å². The fraction of sp³-hybridized carbons (Fsp3) is 0.812. The van der Waals surface area contributed by atoms with Crippen LogP contribution in [0.15, 0.2) is 4.47 Å². The van der Waals surface area contributed by atoms with Crippen LogP contribution >= 0.6 is 15.9 Å². The Morgan fingerprint density at radius 2 is 2.05 bits per heavy atom. The molecule has 2 fully saturated rings. The molecule has 1 heterocycles. The molecule has 0 spiro atoms. The number of aromatic nitrogens is 2. The molecule has 20 heavy (non-hydrogen) atoms. The second-order valence-corrected chi connectivity index (χ2v) is 7.51. The number of halogens is 1. The zero-order valence-corrected chi connectivity index (χ0v) is 14.4. The van der Waals surface area contributed by atoms with Crippen LogP contribution in [0.2, 0.25) is 0 Å². The molecule has 3 nitrogen and oxygen atoms in total. The first-order valence-corrected chi connectivity index (χ1v) is 8.80. The van der Waals surface area contributed by atoms with Gasteiger partial charge >= 0.3 is 0 Å². The number of aryl methyl sites for hydroxylation is 2. The highest BCUT2D eigenvalue weighted by molar-refractivity contribution is 9.10. The molecule has 3 unspecified atom stereocenters. The van der Waals surface area contributed by atoms with Gasteiger partial charge in [-0.25, -0.2) is 0 Å². The number of rotatable bonds is 6. The Balaban J connectivity index is 1.71. The molecule has 2 aliphatic carbocycles. The first-order chi connectivity index (χ1) is 9.60. The van der Waals surface area contributed by atoms with Gasteiger partial charge in [0.1, 0.15) is 0 Å². The quantitative estimate of drug-likeness (QED) is 0.860. The summed E-state index contributed by atoms with van der Waals surface area (Å²) >= 11 is 3.72. The lowest BCUT2D eigenvalue weighted by Crippen LogP contribution is -2.38. The van der Waals surface area contributed by atoms with Gasteiger partial charge in [0.05, 0.1) is 15.9 Å². The molecule has 2 saturated carbocycles. The fourth-order valence-corrected chi connectivity index (χ4v) is 4.43. The van der Waals surface area contributed by atoms with E-state index in [1.807, 2.05) is 0 Å². The molecule has 1 aromatic rings. The van der Waals surface area contributed by atoms with Crippen LogP contribution in [0.3, 0.4) is 0 Å². The van der Waals surface area contributed by atoms with E-state index in [0.29, 0.717) is 6.04 Å². The molecule has 1 aromatic heterocycles. The molecule has 1 N–H and O–H groups in total. The minimum absolute atomic E-state index is 0.619. The lowest BCUT2D eigenvalue weighted by molar-refractivity contribution is 0.327. The van der Waals surface area contributed by atoms with Gasteiger partial charge in [-0.05, 0) is 72.8 Å². The van der Waals surface area contributed by atoms with Gasteiger partial charge in [0.25, 0.3) is 0 Å². The van der Waals surface area contributed by atoms with E-state index in [4.69, 9.17) is 0 Å². The summed E-state index contributed by atoms with van der Waals surface area (Å²) in [6, 6.07) is 0.619. The summed E-state index contributed by atoms with van der Waals surface area (Å²) < 4.78 is 3.25. The van der Waals surface area contributed by atoms with Crippen molar-refractivity contribution in [2.45, 2.75) is 52.0 Å². The van der Waals surface area contributed by atoms with Gasteiger partial charge in [-0.15, -0.1) is 0 Å². The Bertz CT molecular complexity index is 472. The monoisotopic (exact) mass is 339 g/mol. The van der Waals surface area contributed by atoms with Gasteiger partial charge in [0.2, 0.25) is 0 Å². The van der Waals surface area contributed by atoms with E-state index >= 15 is 0 Å². The Labute approximate surface area is 130 Å². The first-order valence-electron chi connectivity index (χ1n) is 8.01. The van der Waals surface area contributed by atoms with Gasteiger partial charge in [-0.3, -0.25) is 4.68 Å². The Morgan fingerprint density at radius 3 is 2.60 bits per heavy atom. The lowest BCUT2D eigenvalue weighted by atomic mass is 9.91. The zero-order valence-electron chi connectivity index (χ0n) is 12.8. The van der Waals surface area contributed by atoms with Gasteiger partial charge in [-0.2, -0.15) is 5.10 Å². The van der Waals surface area contributed by atoms with Crippen molar-refractivity contribution in [2.75, 3.05) is 6.54 Å². The first kappa shape index (κ1) is 14.6. The molecule has 0 aromatic carbocycles. The van der Waals surface area contributed by atoms with Crippen LogP contribution < -0.4 is 5.32 Å². The minimum Gasteiger partial charge on any atom is -0.313 e. The van der Waals surface area contributed by atoms with Crippen LogP contribution in [0.5, 0.6) is 0 Å². The Hall–Kier alpha value is -0.350.